The van der Waals surface area contributed by atoms with Crippen molar-refractivity contribution in [3.05, 3.63) is 47.6 Å². The van der Waals surface area contributed by atoms with E-state index >= 15 is 0 Å². The van der Waals surface area contributed by atoms with Crippen molar-refractivity contribution >= 4 is 6.03 Å². The molecular weight excluding hydrogens is 332 g/mol. The predicted octanol–water partition coefficient (Wildman–Crippen LogP) is 2.84. The van der Waals surface area contributed by atoms with Gasteiger partial charge in [-0.3, -0.25) is 0 Å². The summed E-state index contributed by atoms with van der Waals surface area (Å²) in [6.07, 6.45) is 4.17. The lowest BCUT2D eigenvalue weighted by atomic mass is 10.1. The molecule has 1 saturated carbocycles. The maximum atomic E-state index is 12.4. The maximum Gasteiger partial charge on any atom is 0.317 e. The van der Waals surface area contributed by atoms with Gasteiger partial charge < -0.3 is 19.5 Å². The van der Waals surface area contributed by atoms with Crippen LogP contribution in [0.4, 0.5) is 4.79 Å². The van der Waals surface area contributed by atoms with Crippen molar-refractivity contribution in [2.24, 2.45) is 0 Å². The fraction of sp³-hybridized carbons (Fsp3) is 0.526. The van der Waals surface area contributed by atoms with Gasteiger partial charge >= 0.3 is 6.03 Å². The number of carbonyl (C=O) groups is 1. The molecule has 138 valence electrons. The molecular formula is C19H24N4O3. The first-order valence-electron chi connectivity index (χ1n) is 9.29. The minimum Gasteiger partial charge on any atom is -0.367 e. The van der Waals surface area contributed by atoms with Crippen LogP contribution in [0.2, 0.25) is 0 Å². The molecule has 1 aliphatic carbocycles. The molecule has 7 heteroatoms. The van der Waals surface area contributed by atoms with E-state index in [2.05, 4.69) is 15.5 Å². The molecule has 0 spiro atoms. The van der Waals surface area contributed by atoms with E-state index in [1.165, 1.54) is 0 Å². The van der Waals surface area contributed by atoms with Gasteiger partial charge in [0.2, 0.25) is 0 Å². The van der Waals surface area contributed by atoms with Crippen LogP contribution in [0.15, 0.2) is 34.9 Å². The molecule has 2 aliphatic rings. The number of aromatic nitrogens is 2. The number of ether oxygens (including phenoxy) is 1. The summed E-state index contributed by atoms with van der Waals surface area (Å²) < 4.78 is 11.1. The highest BCUT2D eigenvalue weighted by molar-refractivity contribution is 5.74. The number of hydrogen-bond donors (Lipinski definition) is 1. The molecule has 0 bridgehead atoms. The molecule has 1 N–H and O–H groups in total. The second-order valence-electron chi connectivity index (χ2n) is 6.99. The summed E-state index contributed by atoms with van der Waals surface area (Å²) >= 11 is 0. The second kappa shape index (κ2) is 7.86. The molecule has 7 nitrogen and oxygen atoms in total. The first-order chi connectivity index (χ1) is 12.8. The Hall–Kier alpha value is -2.41. The van der Waals surface area contributed by atoms with Crippen molar-refractivity contribution in [1.29, 1.82) is 0 Å². The van der Waals surface area contributed by atoms with Crippen LogP contribution in [0.25, 0.3) is 0 Å². The number of carbonyl (C=O) groups excluding carboxylic acids is 1. The van der Waals surface area contributed by atoms with Gasteiger partial charge in [0, 0.05) is 25.6 Å². The zero-order valence-electron chi connectivity index (χ0n) is 14.8. The number of rotatable bonds is 6. The van der Waals surface area contributed by atoms with Crippen molar-refractivity contribution in [3.63, 3.8) is 0 Å². The number of benzene rings is 1. The lowest BCUT2D eigenvalue weighted by molar-refractivity contribution is -0.0103. The molecule has 2 aromatic rings. The number of nitrogens with zero attached hydrogens (tertiary/aromatic N) is 3. The number of hydrogen-bond acceptors (Lipinski definition) is 5. The van der Waals surface area contributed by atoms with Crippen LogP contribution < -0.4 is 5.32 Å². The summed E-state index contributed by atoms with van der Waals surface area (Å²) in [4.78, 5) is 18.6. The van der Waals surface area contributed by atoms with E-state index in [0.717, 1.165) is 43.6 Å². The number of amides is 2. The first-order valence-corrected chi connectivity index (χ1v) is 9.29. The number of likely N-dealkylation sites (tertiary alicyclic amines) is 1. The Bertz CT molecular complexity index is 729. The topological polar surface area (TPSA) is 80.5 Å². The van der Waals surface area contributed by atoms with Crippen LogP contribution in [0, 0.1) is 0 Å². The maximum absolute atomic E-state index is 12.4. The average Bonchev–Trinajstić information content (AvgIpc) is 3.44. The number of nitrogens with one attached hydrogen (secondary N) is 1. The lowest BCUT2D eigenvalue weighted by Crippen LogP contribution is -2.47. The number of piperidine rings is 1. The second-order valence-corrected chi connectivity index (χ2v) is 6.99. The first kappa shape index (κ1) is 17.0. The molecule has 2 amide bonds. The zero-order chi connectivity index (χ0) is 17.8. The van der Waals surface area contributed by atoms with Gasteiger partial charge in [-0.05, 0) is 31.2 Å². The van der Waals surface area contributed by atoms with Gasteiger partial charge in [0.1, 0.15) is 6.61 Å². The third-order valence-corrected chi connectivity index (χ3v) is 4.82. The van der Waals surface area contributed by atoms with Gasteiger partial charge in [-0.15, -0.1) is 0 Å². The largest absolute Gasteiger partial charge is 0.367 e. The minimum atomic E-state index is -0.0454. The molecule has 1 aromatic heterocycles. The fourth-order valence-electron chi connectivity index (χ4n) is 3.17. The van der Waals surface area contributed by atoms with E-state index in [1.807, 2.05) is 35.2 Å². The summed E-state index contributed by atoms with van der Waals surface area (Å²) in [5.74, 6) is 1.80. The van der Waals surface area contributed by atoms with E-state index in [1.54, 1.807) is 0 Å². The van der Waals surface area contributed by atoms with Crippen molar-refractivity contribution in [2.45, 2.75) is 50.9 Å². The molecule has 26 heavy (non-hydrogen) atoms. The van der Waals surface area contributed by atoms with Crippen molar-refractivity contribution < 1.29 is 14.1 Å². The van der Waals surface area contributed by atoms with Crippen molar-refractivity contribution in [2.75, 3.05) is 13.1 Å². The highest BCUT2D eigenvalue weighted by atomic mass is 16.5. The van der Waals surface area contributed by atoms with Crippen LogP contribution >= 0.6 is 0 Å². The predicted molar refractivity (Wildman–Crippen MR) is 94.3 cm³/mol. The van der Waals surface area contributed by atoms with Crippen LogP contribution in [0.3, 0.4) is 0 Å². The van der Waals surface area contributed by atoms with Gasteiger partial charge in [0.25, 0.3) is 5.89 Å². The van der Waals surface area contributed by atoms with Gasteiger partial charge in [-0.1, -0.05) is 35.5 Å². The van der Waals surface area contributed by atoms with Gasteiger partial charge in [-0.25, -0.2) is 4.79 Å². The van der Waals surface area contributed by atoms with E-state index < -0.39 is 0 Å². The summed E-state index contributed by atoms with van der Waals surface area (Å²) in [6, 6.07) is 9.87. The van der Waals surface area contributed by atoms with Crippen molar-refractivity contribution in [1.82, 2.24) is 20.4 Å². The minimum absolute atomic E-state index is 0.00232. The van der Waals surface area contributed by atoms with Gasteiger partial charge in [0.15, 0.2) is 5.82 Å². The summed E-state index contributed by atoms with van der Waals surface area (Å²) in [5, 5.41) is 6.97. The normalized spacial score (nSPS) is 20.2. The highest BCUT2D eigenvalue weighted by Crippen LogP contribution is 2.38. The standard InChI is InChI=1S/C19H24N4O3/c24-19(20-11-14-5-2-1-3-6-14)23-10-4-7-16(12-23)25-13-17-21-18(22-26-17)15-8-9-15/h1-3,5-6,15-16H,4,7-13H2,(H,20,24)/t16-/m1/s1. The van der Waals surface area contributed by atoms with Gasteiger partial charge in [-0.2, -0.15) is 4.98 Å². The Morgan fingerprint density at radius 3 is 2.92 bits per heavy atom. The fourth-order valence-corrected chi connectivity index (χ4v) is 3.17. The molecule has 2 heterocycles. The van der Waals surface area contributed by atoms with Crippen molar-refractivity contribution in [3.8, 4) is 0 Å². The Labute approximate surface area is 152 Å². The van der Waals surface area contributed by atoms with E-state index in [4.69, 9.17) is 9.26 Å². The number of urea groups is 1. The molecule has 1 aliphatic heterocycles. The third-order valence-electron chi connectivity index (χ3n) is 4.82. The lowest BCUT2D eigenvalue weighted by Gasteiger charge is -2.32. The Kier molecular flexibility index (Phi) is 5.15. The Morgan fingerprint density at radius 1 is 1.27 bits per heavy atom. The van der Waals surface area contributed by atoms with Crippen LogP contribution in [0.5, 0.6) is 0 Å². The molecule has 2 fully saturated rings. The van der Waals surface area contributed by atoms with Gasteiger partial charge in [0.05, 0.1) is 6.10 Å². The van der Waals surface area contributed by atoms with Crippen LogP contribution in [-0.2, 0) is 17.9 Å². The molecule has 0 radical (unpaired) electrons. The van der Waals surface area contributed by atoms with E-state index in [0.29, 0.717) is 31.5 Å². The Morgan fingerprint density at radius 2 is 2.12 bits per heavy atom. The Balaban J connectivity index is 1.23. The molecule has 1 saturated heterocycles. The molecule has 4 rings (SSSR count). The van der Waals surface area contributed by atoms with Crippen LogP contribution in [-0.4, -0.2) is 40.3 Å². The molecule has 1 aromatic carbocycles. The average molecular weight is 356 g/mol. The zero-order valence-corrected chi connectivity index (χ0v) is 14.8. The van der Waals surface area contributed by atoms with Crippen LogP contribution in [0.1, 0.15) is 48.9 Å². The molecule has 1 atom stereocenters. The third kappa shape index (κ3) is 4.40. The molecule has 0 unspecified atom stereocenters. The van der Waals surface area contributed by atoms with E-state index in [-0.39, 0.29) is 12.1 Å². The quantitative estimate of drug-likeness (QED) is 0.861. The SMILES string of the molecule is O=C(NCc1ccccc1)N1CCC[C@@H](OCc2nc(C3CC3)no2)C1. The summed E-state index contributed by atoms with van der Waals surface area (Å²) in [7, 11) is 0. The summed E-state index contributed by atoms with van der Waals surface area (Å²) in [5.41, 5.74) is 1.09. The summed E-state index contributed by atoms with van der Waals surface area (Å²) in [6.45, 7) is 2.19. The van der Waals surface area contributed by atoms with E-state index in [9.17, 15) is 4.79 Å². The smallest absolute Gasteiger partial charge is 0.317 e. The highest BCUT2D eigenvalue weighted by Gasteiger charge is 2.29. The monoisotopic (exact) mass is 356 g/mol.